The van der Waals surface area contributed by atoms with Crippen molar-refractivity contribution in [2.45, 2.75) is 50.5 Å². The molecule has 0 unspecified atom stereocenters. The first-order valence-electron chi connectivity index (χ1n) is 10.1. The Hall–Kier alpha value is -2.66. The molecule has 0 bridgehead atoms. The molecule has 0 saturated heterocycles. The molecule has 2 aliphatic rings. The Balaban J connectivity index is 1.37. The highest BCUT2D eigenvalue weighted by Crippen LogP contribution is 2.29. The minimum Gasteiger partial charge on any atom is -0.324 e. The van der Waals surface area contributed by atoms with Crippen LogP contribution in [0.25, 0.3) is 0 Å². The number of rotatable bonds is 4. The van der Waals surface area contributed by atoms with Gasteiger partial charge in [0, 0.05) is 17.9 Å². The van der Waals surface area contributed by atoms with Crippen LogP contribution in [0.2, 0.25) is 0 Å². The molecule has 4 rings (SSSR count). The second kappa shape index (κ2) is 7.76. The summed E-state index contributed by atoms with van der Waals surface area (Å²) in [5.41, 5.74) is 9.46. The molecular formula is C23H27N3O2. The molecule has 1 heterocycles. The Bertz CT molecular complexity index is 870. The van der Waals surface area contributed by atoms with Crippen molar-refractivity contribution in [3.8, 4) is 0 Å². The number of carbonyl (C=O) groups excluding carboxylic acids is 2. The zero-order valence-electron chi connectivity index (χ0n) is 16.1. The monoisotopic (exact) mass is 377 g/mol. The van der Waals surface area contributed by atoms with E-state index in [2.05, 4.69) is 11.4 Å². The van der Waals surface area contributed by atoms with Gasteiger partial charge in [0.1, 0.15) is 0 Å². The zero-order chi connectivity index (χ0) is 19.6. The molecule has 5 heteroatoms. The van der Waals surface area contributed by atoms with Gasteiger partial charge in [0.15, 0.2) is 0 Å². The van der Waals surface area contributed by atoms with Crippen molar-refractivity contribution in [3.63, 3.8) is 0 Å². The zero-order valence-corrected chi connectivity index (χ0v) is 16.1. The largest absolute Gasteiger partial charge is 0.324 e. The van der Waals surface area contributed by atoms with Gasteiger partial charge in [-0.25, -0.2) is 0 Å². The lowest BCUT2D eigenvalue weighted by molar-refractivity contribution is -0.122. The van der Waals surface area contributed by atoms with Gasteiger partial charge >= 0.3 is 0 Å². The maximum absolute atomic E-state index is 12.7. The molecule has 1 aliphatic heterocycles. The van der Waals surface area contributed by atoms with Crippen LogP contribution in [0, 0.1) is 0 Å². The summed E-state index contributed by atoms with van der Waals surface area (Å²) in [6.07, 6.45) is 5.90. The van der Waals surface area contributed by atoms with Gasteiger partial charge < -0.3 is 16.0 Å². The number of amides is 2. The standard InChI is InChI=1S/C23H27N3O2/c24-23(13-4-1-5-14-23)22(28)25-19-10-8-17(9-11-19)16-21(27)26-15-12-18-6-2-3-7-20(18)26/h2-3,6-11H,1,4-5,12-16,24H2,(H,25,28). The number of para-hydroxylation sites is 1. The third kappa shape index (κ3) is 3.80. The second-order valence-electron chi connectivity index (χ2n) is 7.97. The number of nitrogens with one attached hydrogen (secondary N) is 1. The van der Waals surface area contributed by atoms with Crippen LogP contribution < -0.4 is 16.0 Å². The third-order valence-electron chi connectivity index (χ3n) is 5.95. The molecule has 1 saturated carbocycles. The highest BCUT2D eigenvalue weighted by molar-refractivity contribution is 5.98. The number of hydrogen-bond acceptors (Lipinski definition) is 3. The maximum atomic E-state index is 12.7. The Morgan fingerprint density at radius 2 is 1.71 bits per heavy atom. The molecule has 146 valence electrons. The van der Waals surface area contributed by atoms with Gasteiger partial charge in [-0.2, -0.15) is 0 Å². The van der Waals surface area contributed by atoms with Gasteiger partial charge in [-0.3, -0.25) is 9.59 Å². The van der Waals surface area contributed by atoms with Crippen LogP contribution in [-0.2, 0) is 22.4 Å². The molecule has 0 atom stereocenters. The fourth-order valence-corrected chi connectivity index (χ4v) is 4.24. The van der Waals surface area contributed by atoms with Crippen LogP contribution >= 0.6 is 0 Å². The van der Waals surface area contributed by atoms with Gasteiger partial charge in [0.05, 0.1) is 12.0 Å². The van der Waals surface area contributed by atoms with Crippen molar-refractivity contribution in [1.82, 2.24) is 0 Å². The Morgan fingerprint density at radius 1 is 1.00 bits per heavy atom. The van der Waals surface area contributed by atoms with Crippen molar-refractivity contribution in [2.75, 3.05) is 16.8 Å². The van der Waals surface area contributed by atoms with Gasteiger partial charge in [-0.05, 0) is 48.6 Å². The van der Waals surface area contributed by atoms with Crippen molar-refractivity contribution >= 4 is 23.2 Å². The molecule has 1 fully saturated rings. The predicted molar refractivity (Wildman–Crippen MR) is 111 cm³/mol. The Labute approximate surface area is 165 Å². The molecule has 2 aromatic carbocycles. The first kappa shape index (κ1) is 18.7. The highest BCUT2D eigenvalue weighted by atomic mass is 16.2. The Kier molecular flexibility index (Phi) is 5.18. The van der Waals surface area contributed by atoms with Crippen LogP contribution in [0.15, 0.2) is 48.5 Å². The van der Waals surface area contributed by atoms with E-state index in [0.717, 1.165) is 62.0 Å². The van der Waals surface area contributed by atoms with E-state index in [1.807, 2.05) is 47.4 Å². The molecule has 0 radical (unpaired) electrons. The summed E-state index contributed by atoms with van der Waals surface area (Å²) >= 11 is 0. The fraction of sp³-hybridized carbons (Fsp3) is 0.391. The van der Waals surface area contributed by atoms with E-state index in [1.54, 1.807) is 0 Å². The topological polar surface area (TPSA) is 75.4 Å². The predicted octanol–water partition coefficient (Wildman–Crippen LogP) is 3.42. The van der Waals surface area contributed by atoms with Crippen molar-refractivity contribution < 1.29 is 9.59 Å². The molecule has 1 aliphatic carbocycles. The number of hydrogen-bond donors (Lipinski definition) is 2. The summed E-state index contributed by atoms with van der Waals surface area (Å²) in [5.74, 6) is -0.00504. The van der Waals surface area contributed by atoms with Gasteiger partial charge in [-0.1, -0.05) is 49.6 Å². The van der Waals surface area contributed by atoms with E-state index >= 15 is 0 Å². The number of carbonyl (C=O) groups is 2. The lowest BCUT2D eigenvalue weighted by Crippen LogP contribution is -2.52. The highest BCUT2D eigenvalue weighted by Gasteiger charge is 2.35. The van der Waals surface area contributed by atoms with Crippen LogP contribution in [0.3, 0.4) is 0 Å². The van der Waals surface area contributed by atoms with Crippen LogP contribution in [0.4, 0.5) is 11.4 Å². The number of fused-ring (bicyclic) bond motifs is 1. The first-order valence-corrected chi connectivity index (χ1v) is 10.1. The summed E-state index contributed by atoms with van der Waals surface area (Å²) in [4.78, 5) is 27.1. The lowest BCUT2D eigenvalue weighted by Gasteiger charge is -2.31. The van der Waals surface area contributed by atoms with E-state index < -0.39 is 5.54 Å². The molecule has 2 aromatic rings. The van der Waals surface area contributed by atoms with Crippen LogP contribution in [-0.4, -0.2) is 23.9 Å². The van der Waals surface area contributed by atoms with Crippen molar-refractivity contribution in [3.05, 3.63) is 59.7 Å². The van der Waals surface area contributed by atoms with E-state index in [4.69, 9.17) is 5.73 Å². The van der Waals surface area contributed by atoms with Gasteiger partial charge in [0.2, 0.25) is 11.8 Å². The SMILES string of the molecule is NC1(C(=O)Nc2ccc(CC(=O)N3CCc4ccccc43)cc2)CCCCC1. The van der Waals surface area contributed by atoms with E-state index in [0.29, 0.717) is 6.42 Å². The van der Waals surface area contributed by atoms with Crippen molar-refractivity contribution in [2.24, 2.45) is 5.73 Å². The quantitative estimate of drug-likeness (QED) is 0.857. The summed E-state index contributed by atoms with van der Waals surface area (Å²) < 4.78 is 0. The molecule has 2 amide bonds. The second-order valence-corrected chi connectivity index (χ2v) is 7.97. The number of anilines is 2. The molecular weight excluding hydrogens is 350 g/mol. The summed E-state index contributed by atoms with van der Waals surface area (Å²) in [6, 6.07) is 15.6. The lowest BCUT2D eigenvalue weighted by atomic mass is 9.82. The number of nitrogens with two attached hydrogens (primary N) is 1. The van der Waals surface area contributed by atoms with E-state index in [-0.39, 0.29) is 11.8 Å². The Morgan fingerprint density at radius 3 is 2.46 bits per heavy atom. The summed E-state index contributed by atoms with van der Waals surface area (Å²) in [7, 11) is 0. The minimum atomic E-state index is -0.754. The van der Waals surface area contributed by atoms with Gasteiger partial charge in [-0.15, -0.1) is 0 Å². The minimum absolute atomic E-state index is 0.102. The third-order valence-corrected chi connectivity index (χ3v) is 5.95. The number of nitrogens with zero attached hydrogens (tertiary/aromatic N) is 1. The molecule has 3 N–H and O–H groups in total. The van der Waals surface area contributed by atoms with E-state index in [9.17, 15) is 9.59 Å². The molecule has 5 nitrogen and oxygen atoms in total. The smallest absolute Gasteiger partial charge is 0.244 e. The van der Waals surface area contributed by atoms with Crippen molar-refractivity contribution in [1.29, 1.82) is 0 Å². The van der Waals surface area contributed by atoms with Crippen LogP contribution in [0.5, 0.6) is 0 Å². The average molecular weight is 377 g/mol. The average Bonchev–Trinajstić information content (AvgIpc) is 3.14. The fourth-order valence-electron chi connectivity index (χ4n) is 4.24. The van der Waals surface area contributed by atoms with E-state index in [1.165, 1.54) is 5.56 Å². The summed E-state index contributed by atoms with van der Waals surface area (Å²) in [5, 5.41) is 2.94. The molecule has 0 spiro atoms. The first-order chi connectivity index (χ1) is 13.5. The maximum Gasteiger partial charge on any atom is 0.244 e. The molecule has 0 aromatic heterocycles. The van der Waals surface area contributed by atoms with Crippen LogP contribution in [0.1, 0.15) is 43.2 Å². The van der Waals surface area contributed by atoms with Gasteiger partial charge in [0.25, 0.3) is 0 Å². The normalized spacial score (nSPS) is 17.8. The molecule has 28 heavy (non-hydrogen) atoms. The number of benzene rings is 2. The summed E-state index contributed by atoms with van der Waals surface area (Å²) in [6.45, 7) is 0.741.